The number of carbonyl (C=O) groups excluding carboxylic acids is 2. The third-order valence-corrected chi connectivity index (χ3v) is 9.99. The zero-order valence-corrected chi connectivity index (χ0v) is 22.2. The van der Waals surface area contributed by atoms with E-state index >= 15 is 0 Å². The topological polar surface area (TPSA) is 90.0 Å². The van der Waals surface area contributed by atoms with E-state index in [-0.39, 0.29) is 24.4 Å². The van der Waals surface area contributed by atoms with Gasteiger partial charge >= 0.3 is 0 Å². The van der Waals surface area contributed by atoms with Crippen LogP contribution in [0.3, 0.4) is 0 Å². The van der Waals surface area contributed by atoms with Crippen LogP contribution in [0.4, 0.5) is 0 Å². The number of thiophene rings is 1. The fourth-order valence-electron chi connectivity index (χ4n) is 5.77. The molecular formula is C24H33ClN4O4S2. The Labute approximate surface area is 216 Å². The van der Waals surface area contributed by atoms with Gasteiger partial charge in [0.25, 0.3) is 0 Å². The molecule has 3 aliphatic heterocycles. The monoisotopic (exact) mass is 540 g/mol. The van der Waals surface area contributed by atoms with Crippen molar-refractivity contribution in [3.05, 3.63) is 26.8 Å². The normalized spacial score (nSPS) is 29.7. The fraction of sp³-hybridized carbons (Fsp3) is 0.667. The van der Waals surface area contributed by atoms with Crippen molar-refractivity contribution >= 4 is 50.9 Å². The van der Waals surface area contributed by atoms with Gasteiger partial charge in [0.1, 0.15) is 6.04 Å². The van der Waals surface area contributed by atoms with E-state index in [9.17, 15) is 18.0 Å². The molecule has 0 spiro atoms. The van der Waals surface area contributed by atoms with Crippen LogP contribution in [0.5, 0.6) is 0 Å². The molecule has 1 aromatic rings. The number of hydrogen-bond acceptors (Lipinski definition) is 6. The Kier molecular flexibility index (Phi) is 7.56. The van der Waals surface area contributed by atoms with Crippen LogP contribution < -0.4 is 4.72 Å². The van der Waals surface area contributed by atoms with E-state index in [0.29, 0.717) is 40.4 Å². The molecule has 1 saturated carbocycles. The number of sulfonamides is 1. The zero-order valence-electron chi connectivity index (χ0n) is 19.8. The van der Waals surface area contributed by atoms with Crippen molar-refractivity contribution in [1.29, 1.82) is 0 Å². The maximum absolute atomic E-state index is 13.3. The minimum absolute atomic E-state index is 0.00876. The van der Waals surface area contributed by atoms with Crippen LogP contribution in [0.15, 0.2) is 17.5 Å². The number of amides is 2. The van der Waals surface area contributed by atoms with E-state index in [1.807, 2.05) is 4.90 Å². The third kappa shape index (κ3) is 6.10. The lowest BCUT2D eigenvalue weighted by Gasteiger charge is -2.37. The molecule has 35 heavy (non-hydrogen) atoms. The first-order valence-electron chi connectivity index (χ1n) is 12.6. The Bertz CT molecular complexity index is 1090. The highest BCUT2D eigenvalue weighted by Crippen LogP contribution is 2.49. The minimum Gasteiger partial charge on any atom is -0.336 e. The summed E-state index contributed by atoms with van der Waals surface area (Å²) in [5.74, 6) is 0.876. The lowest BCUT2D eigenvalue weighted by Crippen LogP contribution is -2.55. The molecule has 1 N–H and O–H groups in total. The van der Waals surface area contributed by atoms with Crippen LogP contribution in [0.25, 0.3) is 6.08 Å². The van der Waals surface area contributed by atoms with Gasteiger partial charge in [0.2, 0.25) is 21.8 Å². The van der Waals surface area contributed by atoms with Gasteiger partial charge in [-0.05, 0) is 75.2 Å². The Hall–Kier alpha value is -1.46. The molecule has 0 bridgehead atoms. The number of likely N-dealkylation sites (tertiary alicyclic amines) is 3. The highest BCUT2D eigenvalue weighted by atomic mass is 35.5. The average Bonchev–Trinajstić information content (AvgIpc) is 3.33. The second kappa shape index (κ2) is 10.5. The number of hydrogen-bond donors (Lipinski definition) is 1. The van der Waals surface area contributed by atoms with E-state index in [1.54, 1.807) is 12.1 Å². The number of fused-ring (bicyclic) bond motifs is 1. The number of piperidine rings is 3. The first-order valence-corrected chi connectivity index (χ1v) is 15.3. The number of nitrogens with one attached hydrogen (secondary N) is 1. The van der Waals surface area contributed by atoms with E-state index in [2.05, 4.69) is 9.62 Å². The summed E-state index contributed by atoms with van der Waals surface area (Å²) in [4.78, 5) is 33.1. The third-order valence-electron chi connectivity index (χ3n) is 7.69. The second-order valence-corrected chi connectivity index (χ2v) is 13.5. The molecule has 4 aliphatic rings. The van der Waals surface area contributed by atoms with Crippen LogP contribution in [-0.2, 0) is 19.6 Å². The first-order chi connectivity index (χ1) is 16.8. The molecule has 4 atom stereocenters. The molecule has 1 aliphatic carbocycles. The van der Waals surface area contributed by atoms with Crippen molar-refractivity contribution in [3.63, 3.8) is 0 Å². The van der Waals surface area contributed by atoms with Crippen LogP contribution in [0.2, 0.25) is 4.34 Å². The second-order valence-electron chi connectivity index (χ2n) is 10.2. The van der Waals surface area contributed by atoms with Gasteiger partial charge in [0.05, 0.1) is 10.9 Å². The van der Waals surface area contributed by atoms with Crippen LogP contribution in [0.1, 0.15) is 43.4 Å². The summed E-state index contributed by atoms with van der Waals surface area (Å²) in [6, 6.07) is 2.83. The lowest BCUT2D eigenvalue weighted by atomic mass is 10.1. The summed E-state index contributed by atoms with van der Waals surface area (Å²) >= 11 is 7.17. The highest BCUT2D eigenvalue weighted by Gasteiger charge is 2.54. The summed E-state index contributed by atoms with van der Waals surface area (Å²) in [6.07, 6.45) is 7.49. The van der Waals surface area contributed by atoms with Crippen molar-refractivity contribution in [2.75, 3.05) is 39.3 Å². The standard InChI is InChI=1S/C24H33ClN4O4S2/c25-22-7-6-18(34-22)8-12-35(32,33)26-20-5-4-11-28(24(20)31)16-23(30)29-14-17-13-19(17)21(29)15-27-9-2-1-3-10-27/h6-8,12,17,19-21,26H,1-5,9-11,13-16H2/t17?,19?,20-,21?/m0/s1. The molecule has 1 aromatic heterocycles. The van der Waals surface area contributed by atoms with Crippen LogP contribution >= 0.6 is 22.9 Å². The molecule has 11 heteroatoms. The summed E-state index contributed by atoms with van der Waals surface area (Å²) in [7, 11) is -3.81. The Balaban J connectivity index is 1.17. The molecule has 8 nitrogen and oxygen atoms in total. The average molecular weight is 541 g/mol. The Morgan fingerprint density at radius 2 is 1.97 bits per heavy atom. The van der Waals surface area contributed by atoms with E-state index in [1.165, 1.54) is 48.0 Å². The molecule has 3 unspecified atom stereocenters. The number of halogens is 1. The number of nitrogens with zero attached hydrogens (tertiary/aromatic N) is 3. The van der Waals surface area contributed by atoms with Gasteiger partial charge in [-0.2, -0.15) is 4.72 Å². The van der Waals surface area contributed by atoms with Crippen molar-refractivity contribution in [1.82, 2.24) is 19.4 Å². The summed E-state index contributed by atoms with van der Waals surface area (Å²) < 4.78 is 28.2. The predicted molar refractivity (Wildman–Crippen MR) is 137 cm³/mol. The minimum atomic E-state index is -3.81. The maximum atomic E-state index is 13.3. The van der Waals surface area contributed by atoms with Crippen molar-refractivity contribution in [3.8, 4) is 0 Å². The molecule has 5 rings (SSSR count). The van der Waals surface area contributed by atoms with Gasteiger partial charge in [0.15, 0.2) is 0 Å². The first kappa shape index (κ1) is 25.2. The van der Waals surface area contributed by atoms with E-state index in [0.717, 1.165) is 31.6 Å². The Morgan fingerprint density at radius 3 is 2.71 bits per heavy atom. The summed E-state index contributed by atoms with van der Waals surface area (Å²) in [5, 5.41) is 1.06. The molecule has 2 amide bonds. The van der Waals surface area contributed by atoms with Gasteiger partial charge in [-0.1, -0.05) is 18.0 Å². The van der Waals surface area contributed by atoms with E-state index in [4.69, 9.17) is 11.6 Å². The van der Waals surface area contributed by atoms with Gasteiger partial charge in [-0.25, -0.2) is 8.42 Å². The van der Waals surface area contributed by atoms with Gasteiger partial charge in [0, 0.05) is 36.0 Å². The highest BCUT2D eigenvalue weighted by molar-refractivity contribution is 7.92. The molecular weight excluding hydrogens is 508 g/mol. The SMILES string of the molecule is O=C1[C@@H](NS(=O)(=O)C=Cc2ccc(Cl)s2)CCCN1CC(=O)N1CC2CC2C1CN1CCCCC1. The van der Waals surface area contributed by atoms with Gasteiger partial charge in [-0.15, -0.1) is 11.3 Å². The summed E-state index contributed by atoms with van der Waals surface area (Å²) in [5.41, 5.74) is 0. The number of carbonyl (C=O) groups is 2. The van der Waals surface area contributed by atoms with E-state index < -0.39 is 16.1 Å². The van der Waals surface area contributed by atoms with Crippen molar-refractivity contribution < 1.29 is 18.0 Å². The lowest BCUT2D eigenvalue weighted by molar-refractivity contribution is -0.144. The molecule has 0 radical (unpaired) electrons. The maximum Gasteiger partial charge on any atom is 0.242 e. The summed E-state index contributed by atoms with van der Waals surface area (Å²) in [6.45, 7) is 4.44. The Morgan fingerprint density at radius 1 is 1.17 bits per heavy atom. The predicted octanol–water partition coefficient (Wildman–Crippen LogP) is 2.62. The molecule has 0 aromatic carbocycles. The molecule has 3 saturated heterocycles. The largest absolute Gasteiger partial charge is 0.336 e. The molecule has 4 fully saturated rings. The molecule has 4 heterocycles. The quantitative estimate of drug-likeness (QED) is 0.547. The van der Waals surface area contributed by atoms with Crippen molar-refractivity contribution in [2.45, 2.75) is 50.6 Å². The fourth-order valence-corrected chi connectivity index (χ4v) is 7.84. The van der Waals surface area contributed by atoms with Crippen molar-refractivity contribution in [2.24, 2.45) is 11.8 Å². The van der Waals surface area contributed by atoms with Crippen LogP contribution in [-0.4, -0.2) is 86.3 Å². The van der Waals surface area contributed by atoms with Crippen LogP contribution in [0, 0.1) is 11.8 Å². The van der Waals surface area contributed by atoms with Gasteiger partial charge < -0.3 is 14.7 Å². The smallest absolute Gasteiger partial charge is 0.242 e. The molecule has 192 valence electrons. The number of rotatable bonds is 8. The zero-order chi connectivity index (χ0) is 24.6. The van der Waals surface area contributed by atoms with Gasteiger partial charge in [-0.3, -0.25) is 9.59 Å².